The summed E-state index contributed by atoms with van der Waals surface area (Å²) in [6, 6.07) is 10.8. The van der Waals surface area contributed by atoms with Crippen LogP contribution in [-0.2, 0) is 0 Å². The summed E-state index contributed by atoms with van der Waals surface area (Å²) in [4.78, 5) is 11.9. The normalized spacial score (nSPS) is 11.5. The van der Waals surface area contributed by atoms with E-state index in [0.29, 0.717) is 29.5 Å². The number of hydrogen-bond acceptors (Lipinski definition) is 3. The third-order valence-corrected chi connectivity index (χ3v) is 3.75. The molecule has 1 atom stereocenters. The van der Waals surface area contributed by atoms with Gasteiger partial charge < -0.3 is 20.1 Å². The number of rotatable bonds is 7. The summed E-state index contributed by atoms with van der Waals surface area (Å²) in [6.07, 6.45) is 0. The topological polar surface area (TPSA) is 59.6 Å². The lowest BCUT2D eigenvalue weighted by molar-refractivity contribution is 0.233. The zero-order valence-electron chi connectivity index (χ0n) is 14.0. The molecule has 0 saturated carbocycles. The van der Waals surface area contributed by atoms with Gasteiger partial charge in [0, 0.05) is 5.02 Å². The summed E-state index contributed by atoms with van der Waals surface area (Å²) >= 11 is 5.79. The molecule has 0 bridgehead atoms. The number of amides is 2. The molecule has 2 amide bonds. The third kappa shape index (κ3) is 5.83. The van der Waals surface area contributed by atoms with Crippen molar-refractivity contribution in [2.45, 2.75) is 13.0 Å². The van der Waals surface area contributed by atoms with Crippen molar-refractivity contribution in [2.75, 3.05) is 20.3 Å². The van der Waals surface area contributed by atoms with E-state index in [9.17, 15) is 9.18 Å². The Morgan fingerprint density at radius 1 is 1.24 bits per heavy atom. The fourth-order valence-corrected chi connectivity index (χ4v) is 2.27. The van der Waals surface area contributed by atoms with E-state index in [1.54, 1.807) is 37.3 Å². The Balaban J connectivity index is 1.74. The lowest BCUT2D eigenvalue weighted by Gasteiger charge is -2.16. The number of benzene rings is 2. The lowest BCUT2D eigenvalue weighted by atomic mass is 10.1. The molecule has 2 N–H and O–H groups in total. The van der Waals surface area contributed by atoms with Crippen molar-refractivity contribution in [2.24, 2.45) is 0 Å². The van der Waals surface area contributed by atoms with Crippen LogP contribution in [0.15, 0.2) is 42.5 Å². The van der Waals surface area contributed by atoms with Gasteiger partial charge in [0.05, 0.1) is 19.7 Å². The first-order chi connectivity index (χ1) is 12.0. The van der Waals surface area contributed by atoms with Crippen LogP contribution in [0.2, 0.25) is 5.02 Å². The number of ether oxygens (including phenoxy) is 2. The molecular weight excluding hydrogens is 347 g/mol. The first-order valence-electron chi connectivity index (χ1n) is 7.75. The van der Waals surface area contributed by atoms with Gasteiger partial charge in [0.25, 0.3) is 0 Å². The predicted molar refractivity (Wildman–Crippen MR) is 94.8 cm³/mol. The first kappa shape index (κ1) is 18.9. The van der Waals surface area contributed by atoms with E-state index in [1.807, 2.05) is 0 Å². The molecule has 134 valence electrons. The van der Waals surface area contributed by atoms with E-state index >= 15 is 0 Å². The molecule has 2 rings (SSSR count). The van der Waals surface area contributed by atoms with Crippen LogP contribution in [-0.4, -0.2) is 26.3 Å². The Morgan fingerprint density at radius 3 is 2.60 bits per heavy atom. The highest BCUT2D eigenvalue weighted by atomic mass is 35.5. The molecule has 0 aliphatic heterocycles. The molecule has 5 nitrogen and oxygen atoms in total. The van der Waals surface area contributed by atoms with Crippen LogP contribution in [0.1, 0.15) is 18.5 Å². The van der Waals surface area contributed by atoms with Crippen molar-refractivity contribution in [1.82, 2.24) is 10.6 Å². The minimum atomic E-state index is -0.467. The molecular formula is C18H20ClFN2O3. The highest BCUT2D eigenvalue weighted by Crippen LogP contribution is 2.21. The summed E-state index contributed by atoms with van der Waals surface area (Å²) in [5.74, 6) is 0.374. The number of carbonyl (C=O) groups is 1. The number of nitrogens with one attached hydrogen (secondary N) is 2. The number of methoxy groups -OCH3 is 1. The highest BCUT2D eigenvalue weighted by molar-refractivity contribution is 6.30. The van der Waals surface area contributed by atoms with Gasteiger partial charge in [-0.2, -0.15) is 0 Å². The van der Waals surface area contributed by atoms with E-state index < -0.39 is 5.82 Å². The second-order valence-electron chi connectivity index (χ2n) is 5.32. The maximum absolute atomic E-state index is 13.7. The molecule has 0 radical (unpaired) electrons. The van der Waals surface area contributed by atoms with Crippen molar-refractivity contribution in [1.29, 1.82) is 0 Å². The van der Waals surface area contributed by atoms with E-state index in [4.69, 9.17) is 21.1 Å². The summed E-state index contributed by atoms with van der Waals surface area (Å²) in [6.45, 7) is 2.42. The fourth-order valence-electron chi connectivity index (χ4n) is 2.15. The average molecular weight is 367 g/mol. The third-order valence-electron chi connectivity index (χ3n) is 3.49. The van der Waals surface area contributed by atoms with Crippen LogP contribution in [0.4, 0.5) is 9.18 Å². The highest BCUT2D eigenvalue weighted by Gasteiger charge is 2.12. The maximum atomic E-state index is 13.7. The SMILES string of the molecule is COc1ccc([C@H](C)NC(=O)NCCOc2ccc(Cl)cc2)cc1F. The summed E-state index contributed by atoms with van der Waals surface area (Å²) < 4.78 is 24.1. The van der Waals surface area contributed by atoms with Crippen LogP contribution in [0.25, 0.3) is 0 Å². The Bertz CT molecular complexity index is 710. The summed E-state index contributed by atoms with van der Waals surface area (Å²) in [5.41, 5.74) is 0.644. The molecule has 0 heterocycles. The maximum Gasteiger partial charge on any atom is 0.315 e. The van der Waals surface area contributed by atoms with Crippen molar-refractivity contribution in [3.05, 3.63) is 58.9 Å². The monoisotopic (exact) mass is 366 g/mol. The van der Waals surface area contributed by atoms with Gasteiger partial charge in [0.2, 0.25) is 0 Å². The van der Waals surface area contributed by atoms with Crippen LogP contribution in [0.3, 0.4) is 0 Å². The van der Waals surface area contributed by atoms with E-state index in [1.165, 1.54) is 19.2 Å². The molecule has 0 aromatic heterocycles. The summed E-state index contributed by atoms with van der Waals surface area (Å²) in [5, 5.41) is 6.05. The van der Waals surface area contributed by atoms with Gasteiger partial charge in [-0.05, 0) is 48.9 Å². The van der Waals surface area contributed by atoms with E-state index in [0.717, 1.165) is 0 Å². The Morgan fingerprint density at radius 2 is 1.96 bits per heavy atom. The number of halogens is 2. The quantitative estimate of drug-likeness (QED) is 0.730. The van der Waals surface area contributed by atoms with Crippen molar-refractivity contribution >= 4 is 17.6 Å². The minimum absolute atomic E-state index is 0.166. The van der Waals surface area contributed by atoms with Gasteiger partial charge in [-0.25, -0.2) is 9.18 Å². The molecule has 0 unspecified atom stereocenters. The average Bonchev–Trinajstić information content (AvgIpc) is 2.60. The van der Waals surface area contributed by atoms with Gasteiger partial charge in [-0.3, -0.25) is 0 Å². The Kier molecular flexibility index (Phi) is 6.89. The second-order valence-corrected chi connectivity index (χ2v) is 5.75. The molecule has 0 aliphatic rings. The number of hydrogen-bond donors (Lipinski definition) is 2. The lowest BCUT2D eigenvalue weighted by Crippen LogP contribution is -2.39. The van der Waals surface area contributed by atoms with Gasteiger partial charge in [-0.15, -0.1) is 0 Å². The van der Waals surface area contributed by atoms with Gasteiger partial charge in [-0.1, -0.05) is 17.7 Å². The van der Waals surface area contributed by atoms with E-state index in [-0.39, 0.29) is 17.8 Å². The minimum Gasteiger partial charge on any atom is -0.494 e. The predicted octanol–water partition coefficient (Wildman–Crippen LogP) is 3.93. The molecule has 25 heavy (non-hydrogen) atoms. The molecule has 2 aromatic rings. The second kappa shape index (κ2) is 9.13. The first-order valence-corrected chi connectivity index (χ1v) is 8.13. The van der Waals surface area contributed by atoms with Crippen molar-refractivity contribution in [3.8, 4) is 11.5 Å². The van der Waals surface area contributed by atoms with Crippen LogP contribution >= 0.6 is 11.6 Å². The largest absolute Gasteiger partial charge is 0.494 e. The molecule has 7 heteroatoms. The fraction of sp³-hybridized carbons (Fsp3) is 0.278. The molecule has 0 saturated heterocycles. The standard InChI is InChI=1S/C18H20ClFN2O3/c1-12(13-3-8-17(24-2)16(20)11-13)22-18(23)21-9-10-25-15-6-4-14(19)5-7-15/h3-8,11-12H,9-10H2,1-2H3,(H2,21,22,23)/t12-/m0/s1. The van der Waals surface area contributed by atoms with Gasteiger partial charge in [0.1, 0.15) is 12.4 Å². The van der Waals surface area contributed by atoms with E-state index in [2.05, 4.69) is 10.6 Å². The van der Waals surface area contributed by atoms with Crippen molar-refractivity contribution in [3.63, 3.8) is 0 Å². The van der Waals surface area contributed by atoms with Gasteiger partial charge >= 0.3 is 6.03 Å². The summed E-state index contributed by atoms with van der Waals surface area (Å²) in [7, 11) is 1.40. The Labute approximate surface area is 151 Å². The van der Waals surface area contributed by atoms with Crippen LogP contribution < -0.4 is 20.1 Å². The zero-order chi connectivity index (χ0) is 18.2. The number of urea groups is 1. The van der Waals surface area contributed by atoms with Crippen LogP contribution in [0.5, 0.6) is 11.5 Å². The number of carbonyl (C=O) groups excluding carboxylic acids is 1. The molecule has 0 fully saturated rings. The Hall–Kier alpha value is -2.47. The van der Waals surface area contributed by atoms with Crippen molar-refractivity contribution < 1.29 is 18.7 Å². The zero-order valence-corrected chi connectivity index (χ0v) is 14.8. The smallest absolute Gasteiger partial charge is 0.315 e. The molecule has 0 aliphatic carbocycles. The van der Waals surface area contributed by atoms with Gasteiger partial charge in [0.15, 0.2) is 11.6 Å². The molecule has 2 aromatic carbocycles. The van der Waals surface area contributed by atoms with Crippen LogP contribution in [0, 0.1) is 5.82 Å². The molecule has 0 spiro atoms.